The Balaban J connectivity index is 1.81. The van der Waals surface area contributed by atoms with Gasteiger partial charge in [0.1, 0.15) is 16.5 Å². The van der Waals surface area contributed by atoms with Crippen molar-refractivity contribution >= 4 is 28.3 Å². The fraction of sp³-hybridized carbons (Fsp3) is 0.250. The van der Waals surface area contributed by atoms with E-state index in [9.17, 15) is 0 Å². The van der Waals surface area contributed by atoms with Gasteiger partial charge in [-0.25, -0.2) is 0 Å². The number of rotatable bonds is 4. The van der Waals surface area contributed by atoms with Gasteiger partial charge in [0.25, 0.3) is 0 Å². The number of thioether (sulfide) groups is 1. The minimum absolute atomic E-state index is 0.706. The van der Waals surface area contributed by atoms with Crippen LogP contribution in [0, 0.1) is 0 Å². The molecule has 0 aromatic carbocycles. The molecule has 0 atom stereocenters. The predicted molar refractivity (Wildman–Crippen MR) is 58.0 cm³/mol. The third-order valence-corrected chi connectivity index (χ3v) is 3.21. The van der Waals surface area contributed by atoms with Gasteiger partial charge in [0.15, 0.2) is 0 Å². The smallest absolute Gasteiger partial charge is 0.131 e. The van der Waals surface area contributed by atoms with Crippen molar-refractivity contribution in [2.45, 2.75) is 11.5 Å². The number of aromatic nitrogens is 2. The van der Waals surface area contributed by atoms with E-state index in [1.807, 2.05) is 12.1 Å². The van der Waals surface area contributed by atoms with Gasteiger partial charge in [-0.3, -0.25) is 0 Å². The van der Waals surface area contributed by atoms with Crippen LogP contribution in [0.2, 0.25) is 0 Å². The Kier molecular flexibility index (Phi) is 3.05. The number of nitrogen functional groups attached to an aromatic ring is 1. The van der Waals surface area contributed by atoms with Crippen molar-refractivity contribution in [3.63, 3.8) is 0 Å². The summed E-state index contributed by atoms with van der Waals surface area (Å²) in [6, 6.07) is 3.84. The molecule has 2 N–H and O–H groups in total. The molecule has 0 saturated heterocycles. The summed E-state index contributed by atoms with van der Waals surface area (Å²) in [5.74, 6) is 2.59. The van der Waals surface area contributed by atoms with Crippen molar-refractivity contribution in [3.05, 3.63) is 29.9 Å². The summed E-state index contributed by atoms with van der Waals surface area (Å²) >= 11 is 2.95. The maximum Gasteiger partial charge on any atom is 0.131 e. The van der Waals surface area contributed by atoms with Gasteiger partial charge < -0.3 is 10.2 Å². The zero-order valence-electron chi connectivity index (χ0n) is 7.34. The summed E-state index contributed by atoms with van der Waals surface area (Å²) in [6.45, 7) is 0. The highest BCUT2D eigenvalue weighted by Gasteiger charge is 2.04. The molecule has 0 unspecified atom stereocenters. The Morgan fingerprint density at radius 1 is 1.50 bits per heavy atom. The topological polar surface area (TPSA) is 64.9 Å². The first-order valence-electron chi connectivity index (χ1n) is 4.03. The van der Waals surface area contributed by atoms with Crippen LogP contribution in [0.15, 0.2) is 22.8 Å². The van der Waals surface area contributed by atoms with E-state index in [2.05, 4.69) is 9.59 Å². The molecule has 74 valence electrons. The van der Waals surface area contributed by atoms with Gasteiger partial charge >= 0.3 is 0 Å². The second-order valence-corrected chi connectivity index (χ2v) is 4.43. The van der Waals surface area contributed by atoms with E-state index in [0.29, 0.717) is 5.00 Å². The molecule has 2 aromatic heterocycles. The fourth-order valence-corrected chi connectivity index (χ4v) is 2.37. The molecule has 0 saturated carbocycles. The lowest BCUT2D eigenvalue weighted by atomic mass is 10.5. The first-order chi connectivity index (χ1) is 6.86. The summed E-state index contributed by atoms with van der Waals surface area (Å²) < 4.78 is 8.96. The SMILES string of the molecule is Nc1snnc1CSCc1ccco1. The molecule has 2 rings (SSSR count). The minimum Gasteiger partial charge on any atom is -0.468 e. The molecule has 0 aliphatic rings. The van der Waals surface area contributed by atoms with Gasteiger partial charge in [-0.05, 0) is 12.1 Å². The van der Waals surface area contributed by atoms with Crippen LogP contribution in [-0.4, -0.2) is 9.59 Å². The van der Waals surface area contributed by atoms with Gasteiger partial charge in [0, 0.05) is 17.3 Å². The molecule has 4 nitrogen and oxygen atoms in total. The highest BCUT2D eigenvalue weighted by Crippen LogP contribution is 2.21. The molecule has 0 radical (unpaired) electrons. The Morgan fingerprint density at radius 3 is 3.07 bits per heavy atom. The van der Waals surface area contributed by atoms with Crippen LogP contribution >= 0.6 is 23.3 Å². The van der Waals surface area contributed by atoms with Crippen molar-refractivity contribution < 1.29 is 4.42 Å². The average molecular weight is 227 g/mol. The lowest BCUT2D eigenvalue weighted by Gasteiger charge is -1.96. The van der Waals surface area contributed by atoms with Crippen LogP contribution in [-0.2, 0) is 11.5 Å². The Bertz CT molecular complexity index is 385. The van der Waals surface area contributed by atoms with Crippen molar-refractivity contribution in [2.24, 2.45) is 0 Å². The number of hydrogen-bond acceptors (Lipinski definition) is 6. The molecule has 0 aliphatic carbocycles. The van der Waals surface area contributed by atoms with E-state index >= 15 is 0 Å². The quantitative estimate of drug-likeness (QED) is 0.867. The van der Waals surface area contributed by atoms with E-state index in [0.717, 1.165) is 23.0 Å². The van der Waals surface area contributed by atoms with E-state index in [1.54, 1.807) is 18.0 Å². The molecule has 0 aliphatic heterocycles. The number of hydrogen-bond donors (Lipinski definition) is 1. The number of anilines is 1. The van der Waals surface area contributed by atoms with Crippen LogP contribution in [0.1, 0.15) is 11.5 Å². The van der Waals surface area contributed by atoms with Crippen LogP contribution < -0.4 is 5.73 Å². The van der Waals surface area contributed by atoms with Gasteiger partial charge in [0.2, 0.25) is 0 Å². The summed E-state index contributed by atoms with van der Waals surface area (Å²) in [7, 11) is 0. The summed E-state index contributed by atoms with van der Waals surface area (Å²) in [5.41, 5.74) is 6.52. The van der Waals surface area contributed by atoms with E-state index < -0.39 is 0 Å². The Labute approximate surface area is 89.7 Å². The lowest BCUT2D eigenvalue weighted by molar-refractivity contribution is 0.530. The zero-order valence-corrected chi connectivity index (χ0v) is 8.98. The summed E-state index contributed by atoms with van der Waals surface area (Å²) in [5, 5.41) is 4.63. The van der Waals surface area contributed by atoms with E-state index in [4.69, 9.17) is 10.2 Å². The molecule has 0 fully saturated rings. The van der Waals surface area contributed by atoms with Gasteiger partial charge in [-0.15, -0.1) is 16.9 Å². The number of furan rings is 1. The van der Waals surface area contributed by atoms with Crippen LogP contribution in [0.4, 0.5) is 5.00 Å². The van der Waals surface area contributed by atoms with Crippen molar-refractivity contribution in [3.8, 4) is 0 Å². The average Bonchev–Trinajstić information content (AvgIpc) is 2.78. The monoisotopic (exact) mass is 227 g/mol. The highest BCUT2D eigenvalue weighted by molar-refractivity contribution is 7.97. The molecule has 2 heterocycles. The second-order valence-electron chi connectivity index (χ2n) is 2.66. The molecule has 14 heavy (non-hydrogen) atoms. The minimum atomic E-state index is 0.706. The largest absolute Gasteiger partial charge is 0.468 e. The molecule has 0 amide bonds. The van der Waals surface area contributed by atoms with E-state index in [-0.39, 0.29) is 0 Å². The van der Waals surface area contributed by atoms with Crippen LogP contribution in [0.5, 0.6) is 0 Å². The Morgan fingerprint density at radius 2 is 2.43 bits per heavy atom. The third kappa shape index (κ3) is 2.27. The molecule has 0 spiro atoms. The molecule has 0 bridgehead atoms. The van der Waals surface area contributed by atoms with Gasteiger partial charge in [0.05, 0.1) is 12.0 Å². The van der Waals surface area contributed by atoms with Gasteiger partial charge in [-0.2, -0.15) is 0 Å². The standard InChI is InChI=1S/C8H9N3OS2/c9-8-7(10-11-14-8)5-13-4-6-2-1-3-12-6/h1-3H,4-5,9H2. The second kappa shape index (κ2) is 4.47. The van der Waals surface area contributed by atoms with Crippen LogP contribution in [0.3, 0.4) is 0 Å². The van der Waals surface area contributed by atoms with Gasteiger partial charge in [-0.1, -0.05) is 4.49 Å². The zero-order chi connectivity index (χ0) is 9.80. The van der Waals surface area contributed by atoms with Crippen molar-refractivity contribution in [1.29, 1.82) is 0 Å². The molecule has 6 heteroatoms. The number of nitrogens with two attached hydrogens (primary N) is 1. The van der Waals surface area contributed by atoms with Crippen LogP contribution in [0.25, 0.3) is 0 Å². The summed E-state index contributed by atoms with van der Waals surface area (Å²) in [6.07, 6.45) is 1.68. The van der Waals surface area contributed by atoms with Crippen molar-refractivity contribution in [2.75, 3.05) is 5.73 Å². The van der Waals surface area contributed by atoms with Crippen molar-refractivity contribution in [1.82, 2.24) is 9.59 Å². The third-order valence-electron chi connectivity index (χ3n) is 1.65. The first-order valence-corrected chi connectivity index (χ1v) is 5.96. The lowest BCUT2D eigenvalue weighted by Crippen LogP contribution is -1.89. The molecule has 2 aromatic rings. The maximum atomic E-state index is 5.66. The van der Waals surface area contributed by atoms with E-state index in [1.165, 1.54) is 11.5 Å². The normalized spacial score (nSPS) is 10.6. The Hall–Kier alpha value is -1.01. The first kappa shape index (κ1) is 9.54. The predicted octanol–water partition coefficient (Wildman–Crippen LogP) is 2.15. The summed E-state index contributed by atoms with van der Waals surface area (Å²) in [4.78, 5) is 0. The maximum absolute atomic E-state index is 5.66. The highest BCUT2D eigenvalue weighted by atomic mass is 32.2. The fourth-order valence-electron chi connectivity index (χ4n) is 0.959. The molecular weight excluding hydrogens is 218 g/mol. The molecular formula is C8H9N3OS2. The number of nitrogens with zero attached hydrogens (tertiary/aromatic N) is 2.